The minimum atomic E-state index is -0.244. The fourth-order valence-corrected chi connectivity index (χ4v) is 3.22. The Bertz CT molecular complexity index is 1080. The Labute approximate surface area is 177 Å². The molecule has 1 N–H and O–H groups in total. The lowest BCUT2D eigenvalue weighted by Gasteiger charge is -2.18. The lowest BCUT2D eigenvalue weighted by atomic mass is 10.1. The summed E-state index contributed by atoms with van der Waals surface area (Å²) >= 11 is 0. The van der Waals surface area contributed by atoms with Gasteiger partial charge in [0.05, 0.1) is 5.52 Å². The molecule has 5 nitrogen and oxygen atoms in total. The van der Waals surface area contributed by atoms with Crippen molar-refractivity contribution in [2.24, 2.45) is 0 Å². The van der Waals surface area contributed by atoms with Crippen LogP contribution in [0.1, 0.15) is 39.2 Å². The van der Waals surface area contributed by atoms with E-state index in [1.54, 1.807) is 22.8 Å². The summed E-state index contributed by atoms with van der Waals surface area (Å²) in [5.74, 6) is 0.728. The Morgan fingerprint density at radius 2 is 1.83 bits per heavy atom. The molecule has 0 saturated carbocycles. The summed E-state index contributed by atoms with van der Waals surface area (Å²) in [6.45, 7) is 7.20. The van der Waals surface area contributed by atoms with Crippen LogP contribution in [-0.4, -0.2) is 16.3 Å². The highest BCUT2D eigenvalue weighted by molar-refractivity contribution is 5.89. The minimum Gasteiger partial charge on any atom is -0.508 e. The number of aryl methyl sites for hydroxylation is 1. The monoisotopic (exact) mass is 407 g/mol. The van der Waals surface area contributed by atoms with Gasteiger partial charge < -0.3 is 19.1 Å². The van der Waals surface area contributed by atoms with Gasteiger partial charge in [-0.2, -0.15) is 0 Å². The fraction of sp³-hybridized carbons (Fsp3) is 0.320. The van der Waals surface area contributed by atoms with Crippen LogP contribution >= 0.6 is 0 Å². The summed E-state index contributed by atoms with van der Waals surface area (Å²) in [7, 11) is 0. The van der Waals surface area contributed by atoms with Gasteiger partial charge in [0.2, 0.25) is 5.75 Å². The number of aromatic hydroxyl groups is 1. The zero-order valence-corrected chi connectivity index (χ0v) is 17.9. The molecule has 0 spiro atoms. The molecule has 3 rings (SSSR count). The molecular weight excluding hydrogens is 378 g/mol. The molecule has 30 heavy (non-hydrogen) atoms. The van der Waals surface area contributed by atoms with E-state index in [2.05, 4.69) is 6.92 Å². The van der Waals surface area contributed by atoms with Crippen molar-refractivity contribution in [3.8, 4) is 17.2 Å². The third-order valence-electron chi connectivity index (χ3n) is 4.84. The number of benzene rings is 2. The van der Waals surface area contributed by atoms with Crippen molar-refractivity contribution in [2.45, 2.75) is 46.8 Å². The van der Waals surface area contributed by atoms with Gasteiger partial charge in [-0.25, -0.2) is 0 Å². The molecular formula is C25H29NO4. The van der Waals surface area contributed by atoms with E-state index < -0.39 is 0 Å². The Balaban J connectivity index is 2.13. The SMILES string of the molecule is CCCCn1c(=O)c(OCC=C(C)C)c(OCc2ccccc2)c2ccc(O)cc21. The van der Waals surface area contributed by atoms with E-state index in [9.17, 15) is 9.90 Å². The van der Waals surface area contributed by atoms with E-state index >= 15 is 0 Å². The molecule has 5 heteroatoms. The van der Waals surface area contributed by atoms with Crippen molar-refractivity contribution in [1.82, 2.24) is 4.57 Å². The first-order chi connectivity index (χ1) is 14.5. The number of rotatable bonds is 9. The Morgan fingerprint density at radius 1 is 1.07 bits per heavy atom. The van der Waals surface area contributed by atoms with Gasteiger partial charge in [0.15, 0.2) is 5.75 Å². The predicted molar refractivity (Wildman–Crippen MR) is 120 cm³/mol. The van der Waals surface area contributed by atoms with Crippen molar-refractivity contribution in [3.05, 3.63) is 76.1 Å². The van der Waals surface area contributed by atoms with Crippen LogP contribution in [0.2, 0.25) is 0 Å². The quantitative estimate of drug-likeness (QED) is 0.481. The average Bonchev–Trinajstić information content (AvgIpc) is 2.73. The summed E-state index contributed by atoms with van der Waals surface area (Å²) in [4.78, 5) is 13.4. The Kier molecular flexibility index (Phi) is 7.17. The van der Waals surface area contributed by atoms with E-state index in [0.717, 1.165) is 29.4 Å². The standard InChI is InChI=1S/C25H29NO4/c1-4-5-14-26-22-16-20(27)11-12-21(22)23(30-17-19-9-7-6-8-10-19)24(25(26)28)29-15-13-18(2)3/h6-13,16,27H,4-5,14-15,17H2,1-3H3. The van der Waals surface area contributed by atoms with Gasteiger partial charge >= 0.3 is 0 Å². The van der Waals surface area contributed by atoms with Gasteiger partial charge in [0.25, 0.3) is 5.56 Å². The molecule has 158 valence electrons. The Morgan fingerprint density at radius 3 is 2.53 bits per heavy atom. The molecule has 1 heterocycles. The predicted octanol–water partition coefficient (Wildman–Crippen LogP) is 5.43. The number of hydrogen-bond acceptors (Lipinski definition) is 4. The third kappa shape index (κ3) is 5.03. The molecule has 0 saturated heterocycles. The molecule has 0 bridgehead atoms. The molecule has 0 aliphatic heterocycles. The lowest BCUT2D eigenvalue weighted by Crippen LogP contribution is -2.24. The first kappa shape index (κ1) is 21.5. The number of allylic oxidation sites excluding steroid dienone is 1. The zero-order valence-electron chi connectivity index (χ0n) is 17.9. The highest BCUT2D eigenvalue weighted by Crippen LogP contribution is 2.35. The van der Waals surface area contributed by atoms with Crippen LogP contribution in [0.25, 0.3) is 10.9 Å². The number of pyridine rings is 1. The summed E-state index contributed by atoms with van der Waals surface area (Å²) in [5.41, 5.74) is 2.51. The maximum absolute atomic E-state index is 13.4. The number of phenols is 1. The molecule has 0 amide bonds. The Hall–Kier alpha value is -3.21. The average molecular weight is 408 g/mol. The van der Waals surface area contributed by atoms with Gasteiger partial charge in [0.1, 0.15) is 19.0 Å². The number of unbranched alkanes of at least 4 members (excludes halogenated alkanes) is 1. The second-order valence-corrected chi connectivity index (χ2v) is 7.54. The topological polar surface area (TPSA) is 60.7 Å². The smallest absolute Gasteiger partial charge is 0.297 e. The number of ether oxygens (including phenoxy) is 2. The molecule has 0 fully saturated rings. The van der Waals surface area contributed by atoms with Crippen molar-refractivity contribution in [3.63, 3.8) is 0 Å². The summed E-state index contributed by atoms with van der Waals surface area (Å²) in [5, 5.41) is 10.8. The molecule has 0 atom stereocenters. The zero-order chi connectivity index (χ0) is 21.5. The molecule has 1 aromatic heterocycles. The summed E-state index contributed by atoms with van der Waals surface area (Å²) in [6, 6.07) is 14.8. The highest BCUT2D eigenvalue weighted by Gasteiger charge is 2.20. The van der Waals surface area contributed by atoms with Crippen LogP contribution in [-0.2, 0) is 13.2 Å². The molecule has 0 aliphatic rings. The molecule has 0 unspecified atom stereocenters. The first-order valence-electron chi connectivity index (χ1n) is 10.3. The number of hydrogen-bond donors (Lipinski definition) is 1. The highest BCUT2D eigenvalue weighted by atomic mass is 16.5. The van der Waals surface area contributed by atoms with Crippen LogP contribution in [0, 0.1) is 0 Å². The van der Waals surface area contributed by atoms with E-state index in [4.69, 9.17) is 9.47 Å². The number of fused-ring (bicyclic) bond motifs is 1. The van der Waals surface area contributed by atoms with E-state index in [-0.39, 0.29) is 23.7 Å². The molecule has 0 aliphatic carbocycles. The first-order valence-corrected chi connectivity index (χ1v) is 10.3. The minimum absolute atomic E-state index is 0.111. The fourth-order valence-electron chi connectivity index (χ4n) is 3.22. The van der Waals surface area contributed by atoms with E-state index in [1.165, 1.54) is 0 Å². The normalized spacial score (nSPS) is 10.8. The van der Waals surface area contributed by atoms with Crippen LogP contribution in [0.5, 0.6) is 17.2 Å². The number of phenolic OH excluding ortho intramolecular Hbond substituents is 1. The van der Waals surface area contributed by atoms with Crippen molar-refractivity contribution in [1.29, 1.82) is 0 Å². The molecule has 3 aromatic rings. The van der Waals surface area contributed by atoms with Crippen molar-refractivity contribution < 1.29 is 14.6 Å². The van der Waals surface area contributed by atoms with Crippen LogP contribution < -0.4 is 15.0 Å². The van der Waals surface area contributed by atoms with Crippen molar-refractivity contribution in [2.75, 3.05) is 6.61 Å². The maximum Gasteiger partial charge on any atom is 0.297 e. The largest absolute Gasteiger partial charge is 0.508 e. The van der Waals surface area contributed by atoms with Crippen molar-refractivity contribution >= 4 is 10.9 Å². The van der Waals surface area contributed by atoms with Crippen LogP contribution in [0.3, 0.4) is 0 Å². The number of aromatic nitrogens is 1. The lowest BCUT2D eigenvalue weighted by molar-refractivity contribution is 0.274. The van der Waals surface area contributed by atoms with Crippen LogP contribution in [0.4, 0.5) is 0 Å². The van der Waals surface area contributed by atoms with Gasteiger partial charge in [-0.3, -0.25) is 4.79 Å². The summed E-state index contributed by atoms with van der Waals surface area (Å²) in [6.07, 6.45) is 3.73. The summed E-state index contributed by atoms with van der Waals surface area (Å²) < 4.78 is 13.7. The van der Waals surface area contributed by atoms with Gasteiger partial charge in [-0.05, 0) is 44.0 Å². The third-order valence-corrected chi connectivity index (χ3v) is 4.84. The number of nitrogens with zero attached hydrogens (tertiary/aromatic N) is 1. The van der Waals surface area contributed by atoms with Gasteiger partial charge in [0, 0.05) is 18.0 Å². The molecule has 0 radical (unpaired) electrons. The van der Waals surface area contributed by atoms with Gasteiger partial charge in [-0.15, -0.1) is 0 Å². The van der Waals surface area contributed by atoms with E-state index in [1.807, 2.05) is 50.3 Å². The second-order valence-electron chi connectivity index (χ2n) is 7.54. The maximum atomic E-state index is 13.4. The second kappa shape index (κ2) is 10.0. The van der Waals surface area contributed by atoms with E-state index in [0.29, 0.717) is 24.4 Å². The molecule has 2 aromatic carbocycles. The van der Waals surface area contributed by atoms with Gasteiger partial charge in [-0.1, -0.05) is 49.2 Å². The van der Waals surface area contributed by atoms with Crippen LogP contribution in [0.15, 0.2) is 65.0 Å².